The van der Waals surface area contributed by atoms with E-state index in [0.29, 0.717) is 23.8 Å². The van der Waals surface area contributed by atoms with Crippen LogP contribution in [-0.2, 0) is 21.5 Å². The van der Waals surface area contributed by atoms with Crippen molar-refractivity contribution in [3.63, 3.8) is 0 Å². The highest BCUT2D eigenvalue weighted by Gasteiger charge is 2.38. The number of hydrogen-bond donors (Lipinski definition) is 3. The highest BCUT2D eigenvalue weighted by Crippen LogP contribution is 2.34. The van der Waals surface area contributed by atoms with Gasteiger partial charge in [0.25, 0.3) is 0 Å². The average Bonchev–Trinajstić information content (AvgIpc) is 3.22. The SMILES string of the molecule is CC(=O)NC1(c2noc(CCC(=O)Nc3cn[nH]c3)n2)CCCCCC1. The van der Waals surface area contributed by atoms with Crippen LogP contribution < -0.4 is 10.6 Å². The lowest BCUT2D eigenvalue weighted by Crippen LogP contribution is -2.45. The second-order valence-corrected chi connectivity index (χ2v) is 6.72. The lowest BCUT2D eigenvalue weighted by atomic mass is 9.89. The Labute approximate surface area is 151 Å². The van der Waals surface area contributed by atoms with Gasteiger partial charge in [-0.05, 0) is 12.8 Å². The molecule has 1 fully saturated rings. The molecule has 1 aliphatic rings. The van der Waals surface area contributed by atoms with Crippen LogP contribution in [0.25, 0.3) is 0 Å². The number of H-pyrrole nitrogens is 1. The lowest BCUT2D eigenvalue weighted by molar-refractivity contribution is -0.121. The highest BCUT2D eigenvalue weighted by atomic mass is 16.5. The van der Waals surface area contributed by atoms with E-state index in [1.54, 1.807) is 6.20 Å². The van der Waals surface area contributed by atoms with Gasteiger partial charge in [-0.2, -0.15) is 10.1 Å². The summed E-state index contributed by atoms with van der Waals surface area (Å²) in [5.74, 6) is 0.658. The smallest absolute Gasteiger partial charge is 0.227 e. The second-order valence-electron chi connectivity index (χ2n) is 6.72. The topological polar surface area (TPSA) is 126 Å². The van der Waals surface area contributed by atoms with Crippen molar-refractivity contribution in [1.29, 1.82) is 0 Å². The Bertz CT molecular complexity index is 732. The highest BCUT2D eigenvalue weighted by molar-refractivity contribution is 5.90. The van der Waals surface area contributed by atoms with Gasteiger partial charge in [-0.3, -0.25) is 14.7 Å². The number of carbonyl (C=O) groups is 2. The predicted octanol–water partition coefficient (Wildman–Crippen LogP) is 2.05. The molecule has 0 bridgehead atoms. The number of nitrogens with one attached hydrogen (secondary N) is 3. The Morgan fingerprint density at radius 1 is 1.27 bits per heavy atom. The summed E-state index contributed by atoms with van der Waals surface area (Å²) in [7, 11) is 0. The van der Waals surface area contributed by atoms with Crippen LogP contribution >= 0.6 is 0 Å². The number of nitrogens with zero attached hydrogens (tertiary/aromatic N) is 3. The van der Waals surface area contributed by atoms with E-state index in [9.17, 15) is 9.59 Å². The molecule has 0 atom stereocenters. The van der Waals surface area contributed by atoms with Crippen molar-refractivity contribution in [1.82, 2.24) is 25.7 Å². The summed E-state index contributed by atoms with van der Waals surface area (Å²) in [5, 5.41) is 16.3. The summed E-state index contributed by atoms with van der Waals surface area (Å²) in [5.41, 5.74) is 0.0487. The molecule has 2 heterocycles. The third kappa shape index (κ3) is 4.47. The molecule has 1 saturated carbocycles. The maximum Gasteiger partial charge on any atom is 0.227 e. The zero-order valence-corrected chi connectivity index (χ0v) is 14.9. The van der Waals surface area contributed by atoms with E-state index in [1.807, 2.05) is 0 Å². The molecule has 1 aliphatic carbocycles. The summed E-state index contributed by atoms with van der Waals surface area (Å²) in [4.78, 5) is 28.1. The molecule has 3 rings (SSSR count). The molecule has 0 spiro atoms. The van der Waals surface area contributed by atoms with Crippen LogP contribution in [0.15, 0.2) is 16.9 Å². The molecule has 2 aromatic heterocycles. The van der Waals surface area contributed by atoms with Crippen molar-refractivity contribution in [3.05, 3.63) is 24.1 Å². The van der Waals surface area contributed by atoms with Gasteiger partial charge in [-0.1, -0.05) is 30.8 Å². The van der Waals surface area contributed by atoms with E-state index in [1.165, 1.54) is 13.1 Å². The molecule has 140 valence electrons. The average molecular weight is 360 g/mol. The summed E-state index contributed by atoms with van der Waals surface area (Å²) >= 11 is 0. The maximum atomic E-state index is 11.9. The Kier molecular flexibility index (Phi) is 5.65. The quantitative estimate of drug-likeness (QED) is 0.677. The van der Waals surface area contributed by atoms with Crippen LogP contribution in [0.5, 0.6) is 0 Å². The summed E-state index contributed by atoms with van der Waals surface area (Å²) < 4.78 is 5.34. The monoisotopic (exact) mass is 360 g/mol. The third-order valence-electron chi connectivity index (χ3n) is 4.62. The van der Waals surface area contributed by atoms with E-state index in [-0.39, 0.29) is 18.2 Å². The van der Waals surface area contributed by atoms with Gasteiger partial charge in [0.15, 0.2) is 5.82 Å². The van der Waals surface area contributed by atoms with Gasteiger partial charge < -0.3 is 15.2 Å². The molecule has 0 saturated heterocycles. The molecular formula is C17H24N6O3. The van der Waals surface area contributed by atoms with Crippen molar-refractivity contribution >= 4 is 17.5 Å². The molecule has 9 nitrogen and oxygen atoms in total. The fourth-order valence-electron chi connectivity index (χ4n) is 3.39. The normalized spacial score (nSPS) is 16.7. The van der Waals surface area contributed by atoms with Crippen LogP contribution in [0.3, 0.4) is 0 Å². The number of hydrogen-bond acceptors (Lipinski definition) is 6. The van der Waals surface area contributed by atoms with Gasteiger partial charge in [-0.25, -0.2) is 0 Å². The van der Waals surface area contributed by atoms with Gasteiger partial charge >= 0.3 is 0 Å². The number of aromatic amines is 1. The second kappa shape index (κ2) is 8.11. The molecule has 2 amide bonds. The fourth-order valence-corrected chi connectivity index (χ4v) is 3.39. The summed E-state index contributed by atoms with van der Waals surface area (Å²) in [6, 6.07) is 0. The van der Waals surface area contributed by atoms with Gasteiger partial charge in [0.2, 0.25) is 17.7 Å². The number of anilines is 1. The van der Waals surface area contributed by atoms with E-state index >= 15 is 0 Å². The van der Waals surface area contributed by atoms with Gasteiger partial charge in [0.1, 0.15) is 5.54 Å². The van der Waals surface area contributed by atoms with Crippen LogP contribution in [-0.4, -0.2) is 32.2 Å². The van der Waals surface area contributed by atoms with Gasteiger partial charge in [-0.15, -0.1) is 0 Å². The van der Waals surface area contributed by atoms with Gasteiger partial charge in [0, 0.05) is 26.0 Å². The first kappa shape index (κ1) is 18.1. The maximum absolute atomic E-state index is 11.9. The van der Waals surface area contributed by atoms with Gasteiger partial charge in [0.05, 0.1) is 11.9 Å². The molecule has 2 aromatic rings. The van der Waals surface area contributed by atoms with E-state index < -0.39 is 5.54 Å². The first-order valence-corrected chi connectivity index (χ1v) is 8.98. The van der Waals surface area contributed by atoms with Crippen molar-refractivity contribution in [2.75, 3.05) is 5.32 Å². The van der Waals surface area contributed by atoms with Crippen molar-refractivity contribution in [2.24, 2.45) is 0 Å². The molecule has 0 aliphatic heterocycles. The van der Waals surface area contributed by atoms with Crippen LogP contribution in [0, 0.1) is 0 Å². The largest absolute Gasteiger partial charge is 0.343 e. The van der Waals surface area contributed by atoms with Crippen LogP contribution in [0.2, 0.25) is 0 Å². The standard InChI is InChI=1S/C17H24N6O3/c1-12(24)22-17(8-4-2-3-5-9-17)16-21-15(26-23-16)7-6-14(25)20-13-10-18-19-11-13/h10-11H,2-9H2,1H3,(H,18,19)(H,20,25)(H,22,24). The molecule has 0 aromatic carbocycles. The molecular weight excluding hydrogens is 336 g/mol. The Morgan fingerprint density at radius 2 is 2.04 bits per heavy atom. The zero-order chi connectivity index (χ0) is 18.4. The van der Waals surface area contributed by atoms with Crippen molar-refractivity contribution in [3.8, 4) is 0 Å². The van der Waals surface area contributed by atoms with Crippen molar-refractivity contribution in [2.45, 2.75) is 63.8 Å². The fraction of sp³-hybridized carbons (Fsp3) is 0.588. The molecule has 0 radical (unpaired) electrons. The predicted molar refractivity (Wildman–Crippen MR) is 93.0 cm³/mol. The molecule has 26 heavy (non-hydrogen) atoms. The first-order valence-electron chi connectivity index (χ1n) is 8.98. The number of amides is 2. The Hall–Kier alpha value is -2.71. The molecule has 3 N–H and O–H groups in total. The van der Waals surface area contributed by atoms with Crippen molar-refractivity contribution < 1.29 is 14.1 Å². The van der Waals surface area contributed by atoms with E-state index in [0.717, 1.165) is 38.5 Å². The van der Waals surface area contributed by atoms with E-state index in [4.69, 9.17) is 4.52 Å². The number of aromatic nitrogens is 4. The lowest BCUT2D eigenvalue weighted by Gasteiger charge is -2.30. The minimum absolute atomic E-state index is 0.0993. The van der Waals surface area contributed by atoms with Crippen LogP contribution in [0.1, 0.15) is 63.6 Å². The number of aryl methyl sites for hydroxylation is 1. The van der Waals surface area contributed by atoms with Crippen LogP contribution in [0.4, 0.5) is 5.69 Å². The third-order valence-corrected chi connectivity index (χ3v) is 4.62. The minimum atomic E-state index is -0.566. The zero-order valence-electron chi connectivity index (χ0n) is 14.9. The number of rotatable bonds is 6. The first-order chi connectivity index (χ1) is 12.6. The summed E-state index contributed by atoms with van der Waals surface area (Å²) in [6.07, 6.45) is 9.60. The molecule has 0 unspecified atom stereocenters. The molecule has 9 heteroatoms. The van der Waals surface area contributed by atoms with E-state index in [2.05, 4.69) is 31.0 Å². The number of carbonyl (C=O) groups excluding carboxylic acids is 2. The Morgan fingerprint density at radius 3 is 2.69 bits per heavy atom. The summed E-state index contributed by atoms with van der Waals surface area (Å²) in [6.45, 7) is 1.51. The Balaban J connectivity index is 1.64. The minimum Gasteiger partial charge on any atom is -0.343 e.